The van der Waals surface area contributed by atoms with Crippen molar-refractivity contribution < 1.29 is 9.84 Å². The highest BCUT2D eigenvalue weighted by molar-refractivity contribution is 6.40. The summed E-state index contributed by atoms with van der Waals surface area (Å²) in [7, 11) is 1.64. The van der Waals surface area contributed by atoms with Gasteiger partial charge in [-0.25, -0.2) is 4.98 Å². The van der Waals surface area contributed by atoms with E-state index in [1.54, 1.807) is 7.11 Å². The Hall–Kier alpha value is -1.84. The fourth-order valence-corrected chi connectivity index (χ4v) is 2.95. The van der Waals surface area contributed by atoms with Gasteiger partial charge < -0.3 is 9.84 Å². The maximum Gasteiger partial charge on any atom is 0.119 e. The molecule has 1 heterocycles. The van der Waals surface area contributed by atoms with Crippen molar-refractivity contribution >= 4 is 33.4 Å². The SMILES string of the molecule is COc1ccc2nc3ccc(CCCCO)cc3c(Cl)c2c1. The number of aliphatic hydroxyl groups is 1. The van der Waals surface area contributed by atoms with Gasteiger partial charge in [0.05, 0.1) is 23.2 Å². The number of benzene rings is 2. The van der Waals surface area contributed by atoms with E-state index in [0.717, 1.165) is 46.8 Å². The Morgan fingerprint density at radius 3 is 2.50 bits per heavy atom. The normalized spacial score (nSPS) is 11.2. The van der Waals surface area contributed by atoms with E-state index < -0.39 is 0 Å². The van der Waals surface area contributed by atoms with Crippen LogP contribution in [0.4, 0.5) is 0 Å². The van der Waals surface area contributed by atoms with Gasteiger partial charge in [0.2, 0.25) is 0 Å². The lowest BCUT2D eigenvalue weighted by Gasteiger charge is -2.09. The maximum absolute atomic E-state index is 8.88. The molecule has 114 valence electrons. The van der Waals surface area contributed by atoms with Crippen LogP contribution in [0.25, 0.3) is 21.8 Å². The Morgan fingerprint density at radius 2 is 1.77 bits per heavy atom. The number of hydrogen-bond acceptors (Lipinski definition) is 3. The molecule has 0 amide bonds. The molecule has 0 fully saturated rings. The first-order valence-corrected chi connectivity index (χ1v) is 7.77. The summed E-state index contributed by atoms with van der Waals surface area (Å²) in [4.78, 5) is 4.67. The second kappa shape index (κ2) is 6.51. The quantitative estimate of drug-likeness (QED) is 0.561. The number of halogens is 1. The molecule has 4 heteroatoms. The van der Waals surface area contributed by atoms with Crippen LogP contribution in [0.3, 0.4) is 0 Å². The van der Waals surface area contributed by atoms with E-state index in [0.29, 0.717) is 5.02 Å². The number of aliphatic hydroxyl groups excluding tert-OH is 1. The van der Waals surface area contributed by atoms with Crippen molar-refractivity contribution in [2.45, 2.75) is 19.3 Å². The van der Waals surface area contributed by atoms with Crippen LogP contribution >= 0.6 is 11.6 Å². The van der Waals surface area contributed by atoms with Gasteiger partial charge in [-0.3, -0.25) is 0 Å². The molecule has 0 aliphatic carbocycles. The highest BCUT2D eigenvalue weighted by atomic mass is 35.5. The van der Waals surface area contributed by atoms with Crippen LogP contribution in [0.5, 0.6) is 5.75 Å². The summed E-state index contributed by atoms with van der Waals surface area (Å²) in [6, 6.07) is 11.9. The number of methoxy groups -OCH3 is 1. The molecule has 3 nitrogen and oxygen atoms in total. The number of ether oxygens (including phenoxy) is 1. The average molecular weight is 316 g/mol. The Morgan fingerprint density at radius 1 is 1.05 bits per heavy atom. The molecule has 0 aliphatic rings. The van der Waals surface area contributed by atoms with E-state index in [-0.39, 0.29) is 6.61 Å². The summed E-state index contributed by atoms with van der Waals surface area (Å²) < 4.78 is 5.27. The second-order valence-corrected chi connectivity index (χ2v) is 5.72. The van der Waals surface area contributed by atoms with Crippen molar-refractivity contribution in [3.8, 4) is 5.75 Å². The standard InChI is InChI=1S/C18H18ClNO2/c1-22-13-6-8-17-15(11-13)18(19)14-10-12(4-2-3-9-21)5-7-16(14)20-17/h5-8,10-11,21H,2-4,9H2,1H3. The molecule has 0 aliphatic heterocycles. The van der Waals surface area contributed by atoms with Crippen molar-refractivity contribution in [3.05, 3.63) is 47.0 Å². The van der Waals surface area contributed by atoms with Gasteiger partial charge in [-0.1, -0.05) is 17.7 Å². The Labute approximate surface area is 134 Å². The topological polar surface area (TPSA) is 42.4 Å². The van der Waals surface area contributed by atoms with Gasteiger partial charge in [-0.15, -0.1) is 0 Å². The van der Waals surface area contributed by atoms with E-state index in [1.165, 1.54) is 5.56 Å². The predicted octanol–water partition coefficient (Wildman–Crippen LogP) is 4.37. The van der Waals surface area contributed by atoms with Gasteiger partial charge in [0.25, 0.3) is 0 Å². The minimum atomic E-state index is 0.236. The zero-order valence-corrected chi connectivity index (χ0v) is 13.2. The van der Waals surface area contributed by atoms with Crippen LogP contribution in [0.15, 0.2) is 36.4 Å². The average Bonchev–Trinajstić information content (AvgIpc) is 2.55. The third kappa shape index (κ3) is 2.87. The molecule has 0 saturated carbocycles. The van der Waals surface area contributed by atoms with Crippen molar-refractivity contribution in [3.63, 3.8) is 0 Å². The van der Waals surface area contributed by atoms with Gasteiger partial charge in [-0.05, 0) is 55.2 Å². The minimum absolute atomic E-state index is 0.236. The Kier molecular flexibility index (Phi) is 4.46. The lowest BCUT2D eigenvalue weighted by atomic mass is 10.0. The fourth-order valence-electron chi connectivity index (χ4n) is 2.64. The molecule has 3 aromatic rings. The van der Waals surface area contributed by atoms with Gasteiger partial charge in [0.1, 0.15) is 5.75 Å². The third-order valence-corrected chi connectivity index (χ3v) is 4.26. The van der Waals surface area contributed by atoms with Crippen molar-refractivity contribution in [1.29, 1.82) is 0 Å². The smallest absolute Gasteiger partial charge is 0.119 e. The lowest BCUT2D eigenvalue weighted by Crippen LogP contribution is -1.91. The number of aryl methyl sites for hydroxylation is 1. The zero-order chi connectivity index (χ0) is 15.5. The Bertz CT molecular complexity index is 817. The molecule has 0 radical (unpaired) electrons. The molecule has 3 rings (SSSR count). The van der Waals surface area contributed by atoms with Crippen LogP contribution in [0.1, 0.15) is 18.4 Å². The van der Waals surface area contributed by atoms with E-state index in [9.17, 15) is 0 Å². The van der Waals surface area contributed by atoms with Crippen LogP contribution in [-0.2, 0) is 6.42 Å². The summed E-state index contributed by atoms with van der Waals surface area (Å²) in [5.74, 6) is 0.773. The molecule has 2 aromatic carbocycles. The largest absolute Gasteiger partial charge is 0.497 e. The van der Waals surface area contributed by atoms with Crippen molar-refractivity contribution in [2.75, 3.05) is 13.7 Å². The monoisotopic (exact) mass is 315 g/mol. The van der Waals surface area contributed by atoms with Crippen LogP contribution < -0.4 is 4.74 Å². The summed E-state index contributed by atoms with van der Waals surface area (Å²) >= 11 is 6.60. The third-order valence-electron chi connectivity index (χ3n) is 3.85. The number of hydrogen-bond donors (Lipinski definition) is 1. The van der Waals surface area contributed by atoms with E-state index >= 15 is 0 Å². The zero-order valence-electron chi connectivity index (χ0n) is 12.5. The highest BCUT2D eigenvalue weighted by Crippen LogP contribution is 2.33. The molecule has 0 saturated heterocycles. The number of unbranched alkanes of at least 4 members (excludes halogenated alkanes) is 1. The Balaban J connectivity index is 2.10. The molecule has 1 N–H and O–H groups in total. The molecular formula is C18H18ClNO2. The summed E-state index contributed by atoms with van der Waals surface area (Å²) in [5.41, 5.74) is 2.98. The first-order valence-electron chi connectivity index (χ1n) is 7.39. The number of pyridine rings is 1. The van der Waals surface area contributed by atoms with Crippen LogP contribution in [0.2, 0.25) is 5.02 Å². The summed E-state index contributed by atoms with van der Waals surface area (Å²) in [5, 5.41) is 11.5. The first-order chi connectivity index (χ1) is 10.7. The van der Waals surface area contributed by atoms with E-state index in [2.05, 4.69) is 17.1 Å². The van der Waals surface area contributed by atoms with E-state index in [1.807, 2.05) is 24.3 Å². The summed E-state index contributed by atoms with van der Waals surface area (Å²) in [6.45, 7) is 0.236. The fraction of sp³-hybridized carbons (Fsp3) is 0.278. The first kappa shape index (κ1) is 15.1. The van der Waals surface area contributed by atoms with Crippen LogP contribution in [-0.4, -0.2) is 23.8 Å². The minimum Gasteiger partial charge on any atom is -0.497 e. The highest BCUT2D eigenvalue weighted by Gasteiger charge is 2.09. The van der Waals surface area contributed by atoms with Gasteiger partial charge >= 0.3 is 0 Å². The van der Waals surface area contributed by atoms with Crippen molar-refractivity contribution in [1.82, 2.24) is 4.98 Å². The maximum atomic E-state index is 8.88. The van der Waals surface area contributed by atoms with Gasteiger partial charge in [-0.2, -0.15) is 0 Å². The number of nitrogens with zero attached hydrogens (tertiary/aromatic N) is 1. The van der Waals surface area contributed by atoms with Gasteiger partial charge in [0, 0.05) is 17.4 Å². The molecule has 0 bridgehead atoms. The van der Waals surface area contributed by atoms with Crippen LogP contribution in [0, 0.1) is 0 Å². The van der Waals surface area contributed by atoms with Crippen molar-refractivity contribution in [2.24, 2.45) is 0 Å². The summed E-state index contributed by atoms with van der Waals surface area (Å²) in [6.07, 6.45) is 2.72. The molecule has 22 heavy (non-hydrogen) atoms. The van der Waals surface area contributed by atoms with E-state index in [4.69, 9.17) is 21.4 Å². The van der Waals surface area contributed by atoms with Gasteiger partial charge in [0.15, 0.2) is 0 Å². The number of aromatic nitrogens is 1. The number of rotatable bonds is 5. The molecule has 1 aromatic heterocycles. The molecule has 0 spiro atoms. The molecule has 0 unspecified atom stereocenters. The number of fused-ring (bicyclic) bond motifs is 2. The lowest BCUT2D eigenvalue weighted by molar-refractivity contribution is 0.284. The molecular weight excluding hydrogens is 298 g/mol. The molecule has 0 atom stereocenters. The second-order valence-electron chi connectivity index (χ2n) is 5.34. The predicted molar refractivity (Wildman–Crippen MR) is 90.8 cm³/mol.